The molecule has 2 aliphatic carbocycles. The lowest BCUT2D eigenvalue weighted by Gasteiger charge is -2.62. The SMILES string of the molecule is C/C(=C\CO)CCC1[C@]2(C)CC[C@@H](Br)C(C)(C)[C@H]2CC[C@@]1(C)O. The number of aliphatic hydroxyl groups excluding tert-OH is 1. The molecule has 134 valence electrons. The number of alkyl halides is 1. The van der Waals surface area contributed by atoms with Crippen LogP contribution < -0.4 is 0 Å². The van der Waals surface area contributed by atoms with Crippen LogP contribution >= 0.6 is 15.9 Å². The van der Waals surface area contributed by atoms with Crippen molar-refractivity contribution in [2.75, 3.05) is 6.61 Å². The molecule has 1 unspecified atom stereocenters. The van der Waals surface area contributed by atoms with Crippen molar-refractivity contribution in [3.63, 3.8) is 0 Å². The van der Waals surface area contributed by atoms with Crippen molar-refractivity contribution < 1.29 is 10.2 Å². The average Bonchev–Trinajstić information content (AvgIpc) is 2.42. The highest BCUT2D eigenvalue weighted by Gasteiger charge is 2.59. The monoisotopic (exact) mass is 386 g/mol. The van der Waals surface area contributed by atoms with Crippen molar-refractivity contribution in [1.82, 2.24) is 0 Å². The maximum Gasteiger partial charge on any atom is 0.0653 e. The van der Waals surface area contributed by atoms with Crippen LogP contribution in [-0.4, -0.2) is 27.2 Å². The zero-order chi connectivity index (χ0) is 17.5. The highest BCUT2D eigenvalue weighted by atomic mass is 79.9. The van der Waals surface area contributed by atoms with Gasteiger partial charge in [-0.3, -0.25) is 0 Å². The van der Waals surface area contributed by atoms with Gasteiger partial charge < -0.3 is 10.2 Å². The van der Waals surface area contributed by atoms with Gasteiger partial charge in [0.05, 0.1) is 12.2 Å². The molecular formula is C20H35BrO2. The minimum absolute atomic E-state index is 0.116. The highest BCUT2D eigenvalue weighted by molar-refractivity contribution is 9.09. The predicted octanol–water partition coefficient (Wildman–Crippen LogP) is 5.07. The van der Waals surface area contributed by atoms with Crippen molar-refractivity contribution in [3.8, 4) is 0 Å². The van der Waals surface area contributed by atoms with Crippen LogP contribution in [-0.2, 0) is 0 Å². The molecular weight excluding hydrogens is 352 g/mol. The van der Waals surface area contributed by atoms with Gasteiger partial charge in [-0.05, 0) is 75.0 Å². The summed E-state index contributed by atoms with van der Waals surface area (Å²) in [6.07, 6.45) is 8.31. The first-order valence-electron chi connectivity index (χ1n) is 9.18. The van der Waals surface area contributed by atoms with Crippen LogP contribution in [0.2, 0.25) is 0 Å². The summed E-state index contributed by atoms with van der Waals surface area (Å²) >= 11 is 3.93. The molecule has 2 N–H and O–H groups in total. The molecule has 5 atom stereocenters. The van der Waals surface area contributed by atoms with Gasteiger partial charge in [0.25, 0.3) is 0 Å². The summed E-state index contributed by atoms with van der Waals surface area (Å²) in [5.41, 5.74) is 1.15. The Balaban J connectivity index is 2.28. The van der Waals surface area contributed by atoms with Crippen LogP contribution in [0.4, 0.5) is 0 Å². The topological polar surface area (TPSA) is 40.5 Å². The first-order chi connectivity index (χ1) is 10.6. The molecule has 0 aromatic rings. The summed E-state index contributed by atoms with van der Waals surface area (Å²) in [5.74, 6) is 0.982. The number of rotatable bonds is 4. The number of halogens is 1. The molecule has 0 heterocycles. The van der Waals surface area contributed by atoms with Gasteiger partial charge in [-0.25, -0.2) is 0 Å². The van der Waals surface area contributed by atoms with E-state index >= 15 is 0 Å². The molecule has 0 saturated heterocycles. The van der Waals surface area contributed by atoms with Crippen LogP contribution in [0.3, 0.4) is 0 Å². The van der Waals surface area contributed by atoms with E-state index in [0.29, 0.717) is 16.7 Å². The molecule has 23 heavy (non-hydrogen) atoms. The van der Waals surface area contributed by atoms with Crippen LogP contribution in [0.5, 0.6) is 0 Å². The normalized spacial score (nSPS) is 44.0. The van der Waals surface area contributed by atoms with Crippen molar-refractivity contribution in [3.05, 3.63) is 11.6 Å². The van der Waals surface area contributed by atoms with Gasteiger partial charge in [0.1, 0.15) is 0 Å². The first kappa shape index (κ1) is 19.5. The third-order valence-electron chi connectivity index (χ3n) is 7.19. The fraction of sp³-hybridized carbons (Fsp3) is 0.900. The zero-order valence-electron chi connectivity index (χ0n) is 15.5. The molecule has 3 heteroatoms. The lowest BCUT2D eigenvalue weighted by molar-refractivity contribution is -0.166. The molecule has 0 spiro atoms. The van der Waals surface area contributed by atoms with Gasteiger partial charge in [-0.2, -0.15) is 0 Å². The van der Waals surface area contributed by atoms with Gasteiger partial charge in [-0.1, -0.05) is 48.4 Å². The molecule has 2 nitrogen and oxygen atoms in total. The summed E-state index contributed by atoms with van der Waals surface area (Å²) < 4.78 is 0. The minimum atomic E-state index is -0.569. The van der Waals surface area contributed by atoms with E-state index in [1.54, 1.807) is 0 Å². The lowest BCUT2D eigenvalue weighted by atomic mass is 9.45. The first-order valence-corrected chi connectivity index (χ1v) is 10.1. The van der Waals surface area contributed by atoms with E-state index in [9.17, 15) is 5.11 Å². The van der Waals surface area contributed by atoms with E-state index in [2.05, 4.69) is 50.5 Å². The lowest BCUT2D eigenvalue weighted by Crippen LogP contribution is -2.59. The average molecular weight is 387 g/mol. The van der Waals surface area contributed by atoms with Crippen LogP contribution in [0, 0.1) is 22.7 Å². The molecule has 0 aliphatic heterocycles. The van der Waals surface area contributed by atoms with Gasteiger partial charge in [-0.15, -0.1) is 0 Å². The predicted molar refractivity (Wildman–Crippen MR) is 101 cm³/mol. The molecule has 2 aliphatic rings. The summed E-state index contributed by atoms with van der Waals surface area (Å²) in [6, 6.07) is 0. The summed E-state index contributed by atoms with van der Waals surface area (Å²) in [4.78, 5) is 0.577. The Bertz CT molecular complexity index is 455. The zero-order valence-corrected chi connectivity index (χ0v) is 17.1. The molecule has 2 rings (SSSR count). The molecule has 2 fully saturated rings. The van der Waals surface area contributed by atoms with Crippen molar-refractivity contribution >= 4 is 15.9 Å². The second-order valence-electron chi connectivity index (χ2n) is 9.11. The van der Waals surface area contributed by atoms with E-state index in [1.807, 2.05) is 6.08 Å². The molecule has 0 aromatic carbocycles. The maximum atomic E-state index is 11.1. The Morgan fingerprint density at radius 3 is 2.43 bits per heavy atom. The third-order valence-corrected chi connectivity index (χ3v) is 8.83. The van der Waals surface area contributed by atoms with Gasteiger partial charge in [0.2, 0.25) is 0 Å². The Labute approximate surface area is 150 Å². The van der Waals surface area contributed by atoms with Crippen LogP contribution in [0.15, 0.2) is 11.6 Å². The standard InChI is InChI=1S/C20H35BrO2/c1-14(10-13-22)6-7-16-19(4)11-9-17(21)18(2,3)15(19)8-12-20(16,5)23/h10,15-17,22-23H,6-9,11-13H2,1-5H3/b14-10+/t15-,16?,17-,19-,20-/m1/s1. The minimum Gasteiger partial charge on any atom is -0.392 e. The summed E-state index contributed by atoms with van der Waals surface area (Å²) in [5, 5.41) is 20.2. The molecule has 0 aromatic heterocycles. The summed E-state index contributed by atoms with van der Waals surface area (Å²) in [7, 11) is 0. The van der Waals surface area contributed by atoms with E-state index in [0.717, 1.165) is 25.7 Å². The van der Waals surface area contributed by atoms with Crippen molar-refractivity contribution in [1.29, 1.82) is 0 Å². The highest BCUT2D eigenvalue weighted by Crippen LogP contribution is 2.64. The van der Waals surface area contributed by atoms with Crippen LogP contribution in [0.25, 0.3) is 0 Å². The Hall–Kier alpha value is 0.140. The Morgan fingerprint density at radius 1 is 1.17 bits per heavy atom. The van der Waals surface area contributed by atoms with Crippen molar-refractivity contribution in [2.45, 2.75) is 83.6 Å². The van der Waals surface area contributed by atoms with Gasteiger partial charge in [0, 0.05) is 4.83 Å². The Morgan fingerprint density at radius 2 is 1.83 bits per heavy atom. The van der Waals surface area contributed by atoms with E-state index < -0.39 is 5.60 Å². The van der Waals surface area contributed by atoms with E-state index in [4.69, 9.17) is 5.11 Å². The van der Waals surface area contributed by atoms with Crippen LogP contribution in [0.1, 0.15) is 73.1 Å². The third kappa shape index (κ3) is 3.57. The smallest absolute Gasteiger partial charge is 0.0653 e. The molecule has 0 amide bonds. The van der Waals surface area contributed by atoms with E-state index in [1.165, 1.54) is 18.4 Å². The fourth-order valence-corrected chi connectivity index (χ4v) is 6.31. The largest absolute Gasteiger partial charge is 0.392 e. The molecule has 0 radical (unpaired) electrons. The number of fused-ring (bicyclic) bond motifs is 1. The number of hydrogen-bond acceptors (Lipinski definition) is 2. The van der Waals surface area contributed by atoms with Gasteiger partial charge >= 0.3 is 0 Å². The number of allylic oxidation sites excluding steroid dienone is 1. The molecule has 2 saturated carbocycles. The number of hydrogen-bond donors (Lipinski definition) is 2. The quantitative estimate of drug-likeness (QED) is 0.522. The maximum absolute atomic E-state index is 11.1. The summed E-state index contributed by atoms with van der Waals surface area (Å²) in [6.45, 7) is 11.5. The van der Waals surface area contributed by atoms with Gasteiger partial charge in [0.15, 0.2) is 0 Å². The fourth-order valence-electron chi connectivity index (χ4n) is 5.76. The molecule has 0 bridgehead atoms. The van der Waals surface area contributed by atoms with Crippen molar-refractivity contribution in [2.24, 2.45) is 22.7 Å². The second-order valence-corrected chi connectivity index (χ2v) is 10.2. The van der Waals surface area contributed by atoms with E-state index in [-0.39, 0.29) is 17.4 Å². The Kier molecular flexibility index (Phi) is 5.76. The second kappa shape index (κ2) is 6.80. The number of aliphatic hydroxyl groups is 2.